The van der Waals surface area contributed by atoms with Crippen molar-refractivity contribution in [1.29, 1.82) is 0 Å². The van der Waals surface area contributed by atoms with Crippen LogP contribution in [0.25, 0.3) is 0 Å². The second-order valence-corrected chi connectivity index (χ2v) is 1.97. The van der Waals surface area contributed by atoms with E-state index in [4.69, 9.17) is 10.8 Å². The number of hydrogen-bond acceptors (Lipinski definition) is 4. The van der Waals surface area contributed by atoms with Gasteiger partial charge in [-0.15, -0.1) is 0 Å². The summed E-state index contributed by atoms with van der Waals surface area (Å²) < 4.78 is 0. The van der Waals surface area contributed by atoms with Crippen LogP contribution in [0.2, 0.25) is 0 Å². The number of phenolic OH excluding ortho intramolecular Hbond substituents is 1. The van der Waals surface area contributed by atoms with E-state index >= 15 is 0 Å². The molecule has 0 aliphatic rings. The molecule has 12 heavy (non-hydrogen) atoms. The third-order valence-corrected chi connectivity index (χ3v) is 1.26. The van der Waals surface area contributed by atoms with Crippen LogP contribution >= 0.6 is 0 Å². The maximum atomic E-state index is 10.2. The number of nitrogens with zero attached hydrogens (tertiary/aromatic N) is 1. The molecule has 0 bridgehead atoms. The third kappa shape index (κ3) is 2.23. The monoisotopic (exact) mass is 196 g/mol. The van der Waals surface area contributed by atoms with E-state index in [2.05, 4.69) is 0 Å². The van der Waals surface area contributed by atoms with Gasteiger partial charge in [-0.1, -0.05) is 6.07 Å². The van der Waals surface area contributed by atoms with Crippen LogP contribution in [0, 0.1) is 10.1 Å². The van der Waals surface area contributed by atoms with Crippen LogP contribution in [0.15, 0.2) is 18.2 Å². The first-order valence-corrected chi connectivity index (χ1v) is 2.85. The number of rotatable bonds is 1. The van der Waals surface area contributed by atoms with Gasteiger partial charge in [-0.05, 0) is 6.07 Å². The molecule has 5 nitrogen and oxygen atoms in total. The average Bonchev–Trinajstić information content (AvgIpc) is 1.94. The van der Waals surface area contributed by atoms with Gasteiger partial charge in [0.05, 0.1) is 4.92 Å². The summed E-state index contributed by atoms with van der Waals surface area (Å²) in [5, 5.41) is 19.1. The molecule has 3 N–H and O–H groups in total. The van der Waals surface area contributed by atoms with Crippen molar-refractivity contribution in [3.8, 4) is 5.75 Å². The number of nitrogens with two attached hydrogens (primary N) is 1. The van der Waals surface area contributed by atoms with Crippen LogP contribution in [-0.2, 0) is 0 Å². The minimum absolute atomic E-state index is 0. The van der Waals surface area contributed by atoms with E-state index in [-0.39, 0.29) is 54.9 Å². The number of benzene rings is 1. The number of hydrogen-bond donors (Lipinski definition) is 2. The molecule has 1 aromatic rings. The number of phenols is 1. The van der Waals surface area contributed by atoms with Crippen molar-refractivity contribution < 1.29 is 10.0 Å². The average molecular weight is 196 g/mol. The van der Waals surface area contributed by atoms with Crippen LogP contribution in [0.1, 0.15) is 0 Å². The molecule has 1 rings (SSSR count). The van der Waals surface area contributed by atoms with Crippen molar-refractivity contribution in [2.75, 3.05) is 5.73 Å². The molecule has 0 heterocycles. The molecule has 0 saturated carbocycles. The molecule has 62 valence electrons. The van der Waals surface area contributed by atoms with E-state index in [0.717, 1.165) is 0 Å². The maximum absolute atomic E-state index is 10.2. The molecule has 6 heteroatoms. The normalized spacial score (nSPS) is 8.67. The molecule has 0 saturated heterocycles. The van der Waals surface area contributed by atoms with Gasteiger partial charge in [0, 0.05) is 6.07 Å². The van der Waals surface area contributed by atoms with Gasteiger partial charge in [-0.2, -0.15) is 0 Å². The zero-order chi connectivity index (χ0) is 8.43. The molecule has 0 radical (unpaired) electrons. The molecular formula is C6H8CaN2O3. The fraction of sp³-hybridized carbons (Fsp3) is 0. The SMILES string of the molecule is Nc1c(O)cccc1[N+](=O)[O-].[CaH2]. The molecule has 0 fully saturated rings. The van der Waals surface area contributed by atoms with E-state index < -0.39 is 4.92 Å². The second kappa shape index (κ2) is 4.49. The fourth-order valence-corrected chi connectivity index (χ4v) is 0.700. The van der Waals surface area contributed by atoms with Gasteiger partial charge in [0.2, 0.25) is 0 Å². The molecule has 0 aliphatic heterocycles. The van der Waals surface area contributed by atoms with Crippen LogP contribution in [-0.4, -0.2) is 47.8 Å². The van der Waals surface area contributed by atoms with Gasteiger partial charge >= 0.3 is 37.7 Å². The number of nitrogen functional groups attached to an aromatic ring is 1. The van der Waals surface area contributed by atoms with Gasteiger partial charge in [-0.25, -0.2) is 0 Å². The van der Waals surface area contributed by atoms with Crippen molar-refractivity contribution in [3.63, 3.8) is 0 Å². The van der Waals surface area contributed by atoms with Crippen LogP contribution in [0.5, 0.6) is 5.75 Å². The Balaban J connectivity index is 0.00000121. The van der Waals surface area contributed by atoms with Gasteiger partial charge < -0.3 is 10.8 Å². The second-order valence-electron chi connectivity index (χ2n) is 1.97. The molecule has 0 aromatic heterocycles. The molecule has 0 aliphatic carbocycles. The first-order valence-electron chi connectivity index (χ1n) is 2.85. The molecule has 0 unspecified atom stereocenters. The number of aromatic hydroxyl groups is 1. The summed E-state index contributed by atoms with van der Waals surface area (Å²) >= 11 is 0. The van der Waals surface area contributed by atoms with Crippen molar-refractivity contribution in [1.82, 2.24) is 0 Å². The van der Waals surface area contributed by atoms with E-state index in [1.165, 1.54) is 18.2 Å². The Bertz CT molecular complexity index is 303. The summed E-state index contributed by atoms with van der Waals surface area (Å²) in [6.45, 7) is 0. The van der Waals surface area contributed by atoms with Crippen LogP contribution in [0.4, 0.5) is 11.4 Å². The topological polar surface area (TPSA) is 89.4 Å². The summed E-state index contributed by atoms with van der Waals surface area (Å²) in [4.78, 5) is 9.54. The van der Waals surface area contributed by atoms with Gasteiger partial charge in [0.25, 0.3) is 5.69 Å². The van der Waals surface area contributed by atoms with E-state index in [0.29, 0.717) is 0 Å². The molecule has 0 amide bonds. The molecule has 1 aromatic carbocycles. The Labute approximate surface area is 98.3 Å². The third-order valence-electron chi connectivity index (χ3n) is 1.26. The van der Waals surface area contributed by atoms with E-state index in [1.54, 1.807) is 0 Å². The zero-order valence-electron chi connectivity index (χ0n) is 5.52. The van der Waals surface area contributed by atoms with E-state index in [9.17, 15) is 10.1 Å². The Morgan fingerprint density at radius 3 is 2.50 bits per heavy atom. The van der Waals surface area contributed by atoms with Crippen molar-refractivity contribution >= 4 is 49.1 Å². The van der Waals surface area contributed by atoms with Crippen molar-refractivity contribution in [2.24, 2.45) is 0 Å². The Kier molecular flexibility index (Phi) is 4.30. The Hall–Kier alpha value is -0.520. The first-order chi connectivity index (χ1) is 5.13. The predicted molar refractivity (Wildman–Crippen MR) is 47.7 cm³/mol. The standard InChI is InChI=1S/C6H6N2O3.Ca.2H/c7-6-4(8(10)11)2-1-3-5(6)9;;;/h1-3,9H,7H2;;;. The van der Waals surface area contributed by atoms with E-state index in [1.807, 2.05) is 0 Å². The summed E-state index contributed by atoms with van der Waals surface area (Å²) in [6.07, 6.45) is 0. The molecule has 0 atom stereocenters. The summed E-state index contributed by atoms with van der Waals surface area (Å²) in [7, 11) is 0. The van der Waals surface area contributed by atoms with Crippen LogP contribution < -0.4 is 5.73 Å². The quantitative estimate of drug-likeness (QED) is 0.217. The number of para-hydroxylation sites is 1. The molecular weight excluding hydrogens is 188 g/mol. The summed E-state index contributed by atoms with van der Waals surface area (Å²) in [6, 6.07) is 3.89. The number of nitro groups is 1. The summed E-state index contributed by atoms with van der Waals surface area (Å²) in [5.41, 5.74) is 4.72. The minimum atomic E-state index is -0.644. The van der Waals surface area contributed by atoms with Crippen molar-refractivity contribution in [3.05, 3.63) is 28.3 Å². The number of anilines is 1. The number of nitro benzene ring substituents is 1. The molecule has 0 spiro atoms. The Morgan fingerprint density at radius 1 is 1.50 bits per heavy atom. The Morgan fingerprint density at radius 2 is 2.08 bits per heavy atom. The zero-order valence-corrected chi connectivity index (χ0v) is 5.52. The van der Waals surface area contributed by atoms with Gasteiger partial charge in [-0.3, -0.25) is 10.1 Å². The fourth-order valence-electron chi connectivity index (χ4n) is 0.700. The van der Waals surface area contributed by atoms with Crippen molar-refractivity contribution in [2.45, 2.75) is 0 Å². The van der Waals surface area contributed by atoms with Gasteiger partial charge in [0.1, 0.15) is 5.75 Å². The van der Waals surface area contributed by atoms with Gasteiger partial charge in [0.15, 0.2) is 5.69 Å². The first kappa shape index (κ1) is 11.5. The van der Waals surface area contributed by atoms with Crippen LogP contribution in [0.3, 0.4) is 0 Å². The predicted octanol–water partition coefficient (Wildman–Crippen LogP) is -0.0336. The summed E-state index contributed by atoms with van der Waals surface area (Å²) in [5.74, 6) is -0.265.